The minimum Gasteiger partial charge on any atom is -0.329 e. The summed E-state index contributed by atoms with van der Waals surface area (Å²) in [5.41, 5.74) is 7.38. The van der Waals surface area contributed by atoms with Gasteiger partial charge in [0.05, 0.1) is 10.9 Å². The van der Waals surface area contributed by atoms with Crippen LogP contribution >= 0.6 is 0 Å². The van der Waals surface area contributed by atoms with E-state index >= 15 is 0 Å². The van der Waals surface area contributed by atoms with Gasteiger partial charge >= 0.3 is 0 Å². The molecule has 0 fully saturated rings. The summed E-state index contributed by atoms with van der Waals surface area (Å²) < 4.78 is 26.3. The van der Waals surface area contributed by atoms with Gasteiger partial charge in [0.1, 0.15) is 0 Å². The molecule has 17 heavy (non-hydrogen) atoms. The number of fused-ring (bicyclic) bond motifs is 1. The predicted octanol–water partition coefficient (Wildman–Crippen LogP) is 1.11. The van der Waals surface area contributed by atoms with E-state index < -0.39 is 15.3 Å². The van der Waals surface area contributed by atoms with Crippen LogP contribution in [0, 0.1) is 0 Å². The first kappa shape index (κ1) is 12.4. The van der Waals surface area contributed by atoms with Crippen molar-refractivity contribution in [2.24, 2.45) is 5.73 Å². The first-order valence-electron chi connectivity index (χ1n) is 5.79. The van der Waals surface area contributed by atoms with Crippen LogP contribution < -0.4 is 10.0 Å². The Kier molecular flexibility index (Phi) is 3.14. The molecule has 0 saturated carbocycles. The van der Waals surface area contributed by atoms with Gasteiger partial charge in [-0.15, -0.1) is 0 Å². The van der Waals surface area contributed by atoms with Gasteiger partial charge in [-0.25, -0.2) is 8.42 Å². The minimum absolute atomic E-state index is 0.0219. The molecular weight excluding hydrogens is 236 g/mol. The molecule has 2 rings (SSSR count). The summed E-state index contributed by atoms with van der Waals surface area (Å²) in [6.45, 7) is 3.73. The fourth-order valence-electron chi connectivity index (χ4n) is 2.24. The Morgan fingerprint density at radius 1 is 1.47 bits per heavy atom. The van der Waals surface area contributed by atoms with Crippen LogP contribution in [0.2, 0.25) is 0 Å². The van der Waals surface area contributed by atoms with Crippen molar-refractivity contribution in [1.29, 1.82) is 0 Å². The molecule has 0 bridgehead atoms. The lowest BCUT2D eigenvalue weighted by Gasteiger charge is -2.27. The zero-order valence-electron chi connectivity index (χ0n) is 10.1. The van der Waals surface area contributed by atoms with Crippen LogP contribution in [0.5, 0.6) is 0 Å². The molecule has 5 heteroatoms. The van der Waals surface area contributed by atoms with Crippen molar-refractivity contribution in [2.75, 3.05) is 10.8 Å². The molecule has 4 nitrogen and oxygen atoms in total. The molecule has 0 spiro atoms. The van der Waals surface area contributed by atoms with E-state index in [-0.39, 0.29) is 12.6 Å². The van der Waals surface area contributed by atoms with Crippen molar-refractivity contribution in [1.82, 2.24) is 0 Å². The summed E-state index contributed by atoms with van der Waals surface area (Å²) in [6.07, 6.45) is 0.771. The van der Waals surface area contributed by atoms with Crippen molar-refractivity contribution >= 4 is 15.7 Å². The van der Waals surface area contributed by atoms with Crippen molar-refractivity contribution in [3.63, 3.8) is 0 Å². The number of benzene rings is 1. The molecule has 0 aromatic heterocycles. The van der Waals surface area contributed by atoms with E-state index in [4.69, 9.17) is 5.73 Å². The minimum atomic E-state index is -3.34. The van der Waals surface area contributed by atoms with E-state index in [0.29, 0.717) is 0 Å². The second-order valence-corrected chi connectivity index (χ2v) is 6.80. The summed E-state index contributed by atoms with van der Waals surface area (Å²) in [5, 5.41) is -0.545. The van der Waals surface area contributed by atoms with E-state index in [1.165, 1.54) is 4.31 Å². The number of rotatable bonds is 3. The molecule has 1 aliphatic rings. The number of anilines is 1. The summed E-state index contributed by atoms with van der Waals surface area (Å²) in [5.74, 6) is 0. The van der Waals surface area contributed by atoms with E-state index in [0.717, 1.165) is 17.7 Å². The highest BCUT2D eigenvalue weighted by Crippen LogP contribution is 2.35. The molecule has 1 heterocycles. The van der Waals surface area contributed by atoms with Crippen LogP contribution in [0.4, 0.5) is 5.69 Å². The van der Waals surface area contributed by atoms with Gasteiger partial charge in [0.25, 0.3) is 0 Å². The van der Waals surface area contributed by atoms with Gasteiger partial charge in [0.15, 0.2) is 0 Å². The van der Waals surface area contributed by atoms with E-state index in [1.807, 2.05) is 31.2 Å². The van der Waals surface area contributed by atoms with Crippen molar-refractivity contribution < 1.29 is 8.42 Å². The number of para-hydroxylation sites is 1. The Morgan fingerprint density at radius 2 is 2.12 bits per heavy atom. The van der Waals surface area contributed by atoms with Gasteiger partial charge in [-0.1, -0.05) is 18.2 Å². The Bertz CT molecular complexity index is 513. The Balaban J connectivity index is 2.47. The van der Waals surface area contributed by atoms with Crippen LogP contribution in [-0.4, -0.2) is 26.3 Å². The fourth-order valence-corrected chi connectivity index (χ4v) is 3.90. The number of nitrogens with zero attached hydrogens (tertiary/aromatic N) is 1. The molecule has 0 saturated heterocycles. The fraction of sp³-hybridized carbons (Fsp3) is 0.500. The number of nitrogens with two attached hydrogens (primary N) is 1. The Labute approximate surface area is 102 Å². The molecule has 94 valence electrons. The third-order valence-corrected chi connectivity index (χ3v) is 5.57. The van der Waals surface area contributed by atoms with E-state index in [2.05, 4.69) is 0 Å². The maximum Gasteiger partial charge on any atom is 0.239 e. The monoisotopic (exact) mass is 254 g/mol. The van der Waals surface area contributed by atoms with Crippen LogP contribution in [0.1, 0.15) is 19.4 Å². The lowest BCUT2D eigenvalue weighted by Crippen LogP contribution is -2.43. The normalized spacial score (nSPS) is 21.4. The summed E-state index contributed by atoms with van der Waals surface area (Å²) in [6, 6.07) is 7.63. The van der Waals surface area contributed by atoms with Crippen molar-refractivity contribution in [2.45, 2.75) is 31.6 Å². The highest BCUT2D eigenvalue weighted by molar-refractivity contribution is 7.93. The molecule has 2 N–H and O–H groups in total. The van der Waals surface area contributed by atoms with Gasteiger partial charge in [0.2, 0.25) is 10.0 Å². The molecule has 1 aliphatic heterocycles. The van der Waals surface area contributed by atoms with Crippen molar-refractivity contribution in [3.05, 3.63) is 29.8 Å². The molecule has 0 amide bonds. The molecule has 2 atom stereocenters. The largest absolute Gasteiger partial charge is 0.329 e. The average Bonchev–Trinajstić information content (AvgIpc) is 2.64. The topological polar surface area (TPSA) is 63.4 Å². The summed E-state index contributed by atoms with van der Waals surface area (Å²) in [4.78, 5) is 0. The van der Waals surface area contributed by atoms with Crippen LogP contribution in [0.25, 0.3) is 0 Å². The predicted molar refractivity (Wildman–Crippen MR) is 69.5 cm³/mol. The second-order valence-electron chi connectivity index (χ2n) is 4.57. The average molecular weight is 254 g/mol. The zero-order valence-corrected chi connectivity index (χ0v) is 10.9. The third kappa shape index (κ3) is 1.93. The molecule has 0 radical (unpaired) electrons. The summed E-state index contributed by atoms with van der Waals surface area (Å²) in [7, 11) is -3.34. The van der Waals surface area contributed by atoms with Crippen molar-refractivity contribution in [3.8, 4) is 0 Å². The molecular formula is C12H18N2O2S. The maximum absolute atomic E-state index is 12.4. The van der Waals surface area contributed by atoms with Gasteiger partial charge in [0, 0.05) is 12.6 Å². The van der Waals surface area contributed by atoms with E-state index in [9.17, 15) is 8.42 Å². The van der Waals surface area contributed by atoms with Crippen LogP contribution in [-0.2, 0) is 16.4 Å². The zero-order chi connectivity index (χ0) is 12.6. The summed E-state index contributed by atoms with van der Waals surface area (Å²) >= 11 is 0. The smallest absolute Gasteiger partial charge is 0.239 e. The Morgan fingerprint density at radius 3 is 2.76 bits per heavy atom. The number of sulfonamides is 1. The highest BCUT2D eigenvalue weighted by Gasteiger charge is 2.37. The van der Waals surface area contributed by atoms with Gasteiger partial charge < -0.3 is 5.73 Å². The lowest BCUT2D eigenvalue weighted by atomic mass is 10.1. The Hall–Kier alpha value is -1.07. The standard InChI is InChI=1S/C12H18N2O2S/c1-9-7-11-5-3-4-6-12(11)14(9)17(15,16)10(2)8-13/h3-6,9-10H,7-8,13H2,1-2H3. The molecule has 0 aliphatic carbocycles. The second kappa shape index (κ2) is 4.31. The quantitative estimate of drug-likeness (QED) is 0.879. The maximum atomic E-state index is 12.4. The van der Waals surface area contributed by atoms with Crippen LogP contribution in [0.15, 0.2) is 24.3 Å². The lowest BCUT2D eigenvalue weighted by molar-refractivity contribution is 0.572. The molecule has 1 aromatic rings. The first-order chi connectivity index (χ1) is 7.98. The number of hydrogen-bond acceptors (Lipinski definition) is 3. The van der Waals surface area contributed by atoms with Gasteiger partial charge in [-0.3, -0.25) is 4.31 Å². The first-order valence-corrected chi connectivity index (χ1v) is 7.30. The number of hydrogen-bond donors (Lipinski definition) is 1. The molecule has 1 aromatic carbocycles. The van der Waals surface area contributed by atoms with Gasteiger partial charge in [-0.2, -0.15) is 0 Å². The van der Waals surface area contributed by atoms with Crippen LogP contribution in [0.3, 0.4) is 0 Å². The third-order valence-electron chi connectivity index (χ3n) is 3.26. The van der Waals surface area contributed by atoms with E-state index in [1.54, 1.807) is 6.92 Å². The SMILES string of the molecule is CC1Cc2ccccc2N1S(=O)(=O)C(C)CN. The van der Waals surface area contributed by atoms with Gasteiger partial charge in [-0.05, 0) is 31.9 Å². The molecule has 2 unspecified atom stereocenters. The highest BCUT2D eigenvalue weighted by atomic mass is 32.2.